The first-order valence-electron chi connectivity index (χ1n) is 13.0. The van der Waals surface area contributed by atoms with Gasteiger partial charge in [0.05, 0.1) is 25.8 Å². The van der Waals surface area contributed by atoms with Gasteiger partial charge < -0.3 is 20.5 Å². The molecule has 0 aliphatic carbocycles. The summed E-state index contributed by atoms with van der Waals surface area (Å²) in [5.74, 6) is -15.4. The van der Waals surface area contributed by atoms with E-state index in [0.29, 0.717) is 18.4 Å². The van der Waals surface area contributed by atoms with Gasteiger partial charge in [0.1, 0.15) is 0 Å². The number of carbonyl (C=O) groups is 3. The molecule has 0 aliphatic heterocycles. The Morgan fingerprint density at radius 1 is 0.932 bits per heavy atom. The molecule has 1 amide bonds. The van der Waals surface area contributed by atoms with Crippen molar-refractivity contribution >= 4 is 23.5 Å². The van der Waals surface area contributed by atoms with Gasteiger partial charge in [-0.25, -0.2) is 14.6 Å². The fraction of sp³-hybridized carbons (Fsp3) is 0.233. The zero-order valence-electron chi connectivity index (χ0n) is 23.7. The molecule has 3 aromatic carbocycles. The molecule has 0 radical (unpaired) electrons. The number of nitrogens with one attached hydrogen (secondary N) is 2. The average Bonchev–Trinajstić information content (AvgIpc) is 3.52. The number of aromatic nitrogens is 3. The van der Waals surface area contributed by atoms with Gasteiger partial charge in [0, 0.05) is 11.3 Å². The van der Waals surface area contributed by atoms with Crippen LogP contribution in [0.5, 0.6) is 0 Å². The summed E-state index contributed by atoms with van der Waals surface area (Å²) in [7, 11) is 1.88. The highest BCUT2D eigenvalue weighted by Gasteiger charge is 2.66. The molecule has 1 heterocycles. The molecule has 0 fully saturated rings. The van der Waals surface area contributed by atoms with E-state index in [4.69, 9.17) is 10.5 Å². The molecule has 0 spiro atoms. The zero-order valence-corrected chi connectivity index (χ0v) is 23.7. The van der Waals surface area contributed by atoms with Gasteiger partial charge in [0.15, 0.2) is 5.82 Å². The number of aryl methyl sites for hydroxylation is 1. The second kappa shape index (κ2) is 12.6. The molecule has 0 bridgehead atoms. The molecule has 4 aromatic rings. The number of alkyl halides is 4. The quantitative estimate of drug-likeness (QED) is 0.173. The molecule has 0 unspecified atom stereocenters. The summed E-state index contributed by atoms with van der Waals surface area (Å²) < 4.78 is 64.7. The van der Waals surface area contributed by atoms with Crippen LogP contribution in [0, 0.1) is 6.92 Å². The van der Waals surface area contributed by atoms with Crippen molar-refractivity contribution in [3.63, 3.8) is 0 Å². The first-order valence-corrected chi connectivity index (χ1v) is 13.0. The minimum atomic E-state index is -5.17. The van der Waals surface area contributed by atoms with Crippen molar-refractivity contribution in [1.82, 2.24) is 15.2 Å². The van der Waals surface area contributed by atoms with Gasteiger partial charge in [0.2, 0.25) is 11.7 Å². The van der Waals surface area contributed by atoms with Crippen molar-refractivity contribution in [2.24, 2.45) is 5.73 Å². The second-order valence-electron chi connectivity index (χ2n) is 9.74. The smallest absolute Gasteiger partial charge is 0.412 e. The van der Waals surface area contributed by atoms with E-state index in [0.717, 1.165) is 22.3 Å². The number of nitrogens with two attached hydrogens (primary N) is 1. The molecule has 4 N–H and O–H groups in total. The van der Waals surface area contributed by atoms with Gasteiger partial charge >= 0.3 is 23.8 Å². The number of rotatable bonds is 10. The highest BCUT2D eigenvalue weighted by atomic mass is 19.3. The average molecular weight is 614 g/mol. The largest absolute Gasteiger partial charge is 0.465 e. The van der Waals surface area contributed by atoms with E-state index >= 15 is 0 Å². The van der Waals surface area contributed by atoms with Crippen LogP contribution in [-0.4, -0.2) is 59.2 Å². The van der Waals surface area contributed by atoms with Crippen LogP contribution in [0.4, 0.5) is 23.2 Å². The maximum absolute atomic E-state index is 14.2. The van der Waals surface area contributed by atoms with Crippen molar-refractivity contribution < 1.29 is 41.4 Å². The fourth-order valence-corrected chi connectivity index (χ4v) is 4.27. The predicted molar refractivity (Wildman–Crippen MR) is 151 cm³/mol. The van der Waals surface area contributed by atoms with E-state index in [9.17, 15) is 31.9 Å². The van der Waals surface area contributed by atoms with E-state index in [1.54, 1.807) is 17.2 Å². The molecule has 44 heavy (non-hydrogen) atoms. The third-order valence-corrected chi connectivity index (χ3v) is 6.73. The van der Waals surface area contributed by atoms with E-state index in [2.05, 4.69) is 20.1 Å². The molecule has 230 valence electrons. The fourth-order valence-electron chi connectivity index (χ4n) is 4.27. The van der Waals surface area contributed by atoms with Crippen LogP contribution < -0.4 is 11.1 Å². The minimum Gasteiger partial charge on any atom is -0.465 e. The number of benzene rings is 3. The Balaban J connectivity index is 1.37. The van der Waals surface area contributed by atoms with Gasteiger partial charge in [-0.05, 0) is 72.0 Å². The van der Waals surface area contributed by atoms with Gasteiger partial charge in [-0.15, -0.1) is 0 Å². The lowest BCUT2D eigenvalue weighted by molar-refractivity contribution is -0.233. The maximum atomic E-state index is 14.2. The number of hydrogen-bond acceptors (Lipinski definition) is 8. The molecular formula is C30H27F4N5O5. The molecule has 10 nitrogen and oxygen atoms in total. The topological polar surface area (TPSA) is 149 Å². The number of amides is 1. The number of esters is 2. The Morgan fingerprint density at radius 2 is 1.57 bits per heavy atom. The molecule has 4 rings (SSSR count). The third-order valence-electron chi connectivity index (χ3n) is 6.73. The van der Waals surface area contributed by atoms with Crippen LogP contribution in [-0.2, 0) is 31.4 Å². The van der Waals surface area contributed by atoms with Crippen molar-refractivity contribution in [1.29, 1.82) is 0 Å². The van der Waals surface area contributed by atoms with E-state index in [1.807, 2.05) is 37.3 Å². The van der Waals surface area contributed by atoms with Crippen LogP contribution in [0.1, 0.15) is 27.3 Å². The van der Waals surface area contributed by atoms with Crippen LogP contribution >= 0.6 is 0 Å². The SMILES string of the molecule is COC(=O)c1ccc(-c2ccc(C[C@H](N)C(=O)Nc3ccc(-c4n[nH]c(C(F)(F)C(F)(F)C(=O)OC)n4)cc3)cc2)c(C)c1. The number of methoxy groups -OCH3 is 2. The van der Waals surface area contributed by atoms with Crippen LogP contribution in [0.2, 0.25) is 0 Å². The molecular weight excluding hydrogens is 586 g/mol. The summed E-state index contributed by atoms with van der Waals surface area (Å²) in [6, 6.07) is 17.5. The summed E-state index contributed by atoms with van der Waals surface area (Å²) in [5.41, 5.74) is 10.6. The molecule has 0 saturated heterocycles. The van der Waals surface area contributed by atoms with E-state index in [-0.39, 0.29) is 17.8 Å². The van der Waals surface area contributed by atoms with Crippen molar-refractivity contribution in [2.45, 2.75) is 31.2 Å². The highest BCUT2D eigenvalue weighted by Crippen LogP contribution is 2.42. The van der Waals surface area contributed by atoms with Gasteiger partial charge in [0.25, 0.3) is 0 Å². The Hall–Kier alpha value is -5.11. The number of nitrogens with zero attached hydrogens (tertiary/aromatic N) is 2. The van der Waals surface area contributed by atoms with E-state index in [1.165, 1.54) is 31.4 Å². The summed E-state index contributed by atoms with van der Waals surface area (Å²) >= 11 is 0. The molecule has 0 aliphatic rings. The highest BCUT2D eigenvalue weighted by molar-refractivity contribution is 5.95. The zero-order chi connectivity index (χ0) is 32.2. The molecule has 14 heteroatoms. The maximum Gasteiger partial charge on any atom is 0.412 e. The second-order valence-corrected chi connectivity index (χ2v) is 9.74. The van der Waals surface area contributed by atoms with Crippen LogP contribution in [0.15, 0.2) is 66.7 Å². The van der Waals surface area contributed by atoms with Gasteiger partial charge in [-0.1, -0.05) is 30.3 Å². The number of carbonyl (C=O) groups excluding carboxylic acids is 3. The number of hydrogen-bond donors (Lipinski definition) is 3. The number of anilines is 1. The Kier molecular flexibility index (Phi) is 9.13. The lowest BCUT2D eigenvalue weighted by atomic mass is 9.96. The molecule has 1 aromatic heterocycles. The van der Waals surface area contributed by atoms with Crippen molar-refractivity contribution in [3.05, 3.63) is 89.2 Å². The number of ether oxygens (including phenoxy) is 2. The summed E-state index contributed by atoms with van der Waals surface area (Å²) in [6.45, 7) is 1.89. The van der Waals surface area contributed by atoms with Crippen molar-refractivity contribution in [3.8, 4) is 22.5 Å². The lowest BCUT2D eigenvalue weighted by Gasteiger charge is -2.21. The first kappa shape index (κ1) is 31.8. The summed E-state index contributed by atoms with van der Waals surface area (Å²) in [5, 5.41) is 7.92. The summed E-state index contributed by atoms with van der Waals surface area (Å²) in [4.78, 5) is 39.0. The number of aromatic amines is 1. The van der Waals surface area contributed by atoms with Gasteiger partial charge in [-0.2, -0.15) is 22.7 Å². The Morgan fingerprint density at radius 3 is 2.16 bits per heavy atom. The first-order chi connectivity index (χ1) is 20.8. The Labute approximate surface area is 248 Å². The number of H-pyrrole nitrogens is 1. The molecule has 0 saturated carbocycles. The molecule has 1 atom stereocenters. The minimum absolute atomic E-state index is 0.169. The standard InChI is InChI=1S/C30H27F4N5O5/c1-16-14-20(26(41)43-2)10-13-22(16)18-6-4-17(5-7-18)15-23(35)25(40)36-21-11-8-19(9-12-21)24-37-27(39-38-24)29(31,32)30(33,34)28(42)44-3/h4-14,23H,15,35H2,1-3H3,(H,36,40)(H,37,38,39)/t23-/m0/s1. The van der Waals surface area contributed by atoms with Crippen LogP contribution in [0.25, 0.3) is 22.5 Å². The predicted octanol–water partition coefficient (Wildman–Crippen LogP) is 4.64. The van der Waals surface area contributed by atoms with Crippen molar-refractivity contribution in [2.75, 3.05) is 19.5 Å². The Bertz CT molecular complexity index is 1670. The van der Waals surface area contributed by atoms with Gasteiger partial charge in [-0.3, -0.25) is 9.89 Å². The summed E-state index contributed by atoms with van der Waals surface area (Å²) in [6.07, 6.45) is 0.231. The van der Waals surface area contributed by atoms with Crippen LogP contribution in [0.3, 0.4) is 0 Å². The third kappa shape index (κ3) is 6.44. The number of halogens is 4. The lowest BCUT2D eigenvalue weighted by Crippen LogP contribution is -2.46. The van der Waals surface area contributed by atoms with E-state index < -0.39 is 41.6 Å². The normalized spacial score (nSPS) is 12.4. The monoisotopic (exact) mass is 613 g/mol.